The van der Waals surface area contributed by atoms with E-state index in [4.69, 9.17) is 4.74 Å². The predicted molar refractivity (Wildman–Crippen MR) is 93.6 cm³/mol. The molecule has 0 saturated carbocycles. The van der Waals surface area contributed by atoms with Gasteiger partial charge in [-0.1, -0.05) is 12.1 Å². The Kier molecular flexibility index (Phi) is 4.82. The number of hydrogen-bond donors (Lipinski definition) is 1. The highest BCUT2D eigenvalue weighted by molar-refractivity contribution is 5.26. The van der Waals surface area contributed by atoms with E-state index in [9.17, 15) is 8.78 Å². The van der Waals surface area contributed by atoms with Crippen LogP contribution in [0.1, 0.15) is 24.8 Å². The Hall–Kier alpha value is -2.12. The summed E-state index contributed by atoms with van der Waals surface area (Å²) in [5.41, 5.74) is 0.937. The zero-order valence-corrected chi connectivity index (χ0v) is 14.5. The van der Waals surface area contributed by atoms with E-state index >= 15 is 0 Å². The molecule has 2 aliphatic heterocycles. The number of likely N-dealkylation sites (tertiary alicyclic amines) is 1. The first-order valence-corrected chi connectivity index (χ1v) is 8.95. The number of benzene rings is 1. The molecule has 5 nitrogen and oxygen atoms in total. The van der Waals surface area contributed by atoms with Gasteiger partial charge in [-0.3, -0.25) is 4.90 Å². The van der Waals surface area contributed by atoms with Gasteiger partial charge in [0.2, 0.25) is 5.95 Å². The van der Waals surface area contributed by atoms with Crippen molar-refractivity contribution in [1.82, 2.24) is 14.9 Å². The maximum absolute atomic E-state index is 13.1. The second-order valence-electron chi connectivity index (χ2n) is 7.20. The van der Waals surface area contributed by atoms with Gasteiger partial charge in [0.25, 0.3) is 0 Å². The van der Waals surface area contributed by atoms with Crippen LogP contribution in [0.2, 0.25) is 0 Å². The number of nitrogens with one attached hydrogen (secondary N) is 1. The number of hydrogen-bond acceptors (Lipinski definition) is 5. The van der Waals surface area contributed by atoms with Gasteiger partial charge in [0.05, 0.1) is 30.6 Å². The van der Waals surface area contributed by atoms with Crippen molar-refractivity contribution in [2.45, 2.75) is 37.5 Å². The van der Waals surface area contributed by atoms with Crippen molar-refractivity contribution in [2.75, 3.05) is 25.0 Å². The van der Waals surface area contributed by atoms with Gasteiger partial charge in [-0.05, 0) is 37.1 Å². The molecule has 1 aromatic carbocycles. The van der Waals surface area contributed by atoms with E-state index in [2.05, 4.69) is 20.2 Å². The van der Waals surface area contributed by atoms with Crippen molar-refractivity contribution in [1.29, 1.82) is 0 Å². The van der Waals surface area contributed by atoms with Gasteiger partial charge in [0.15, 0.2) is 5.82 Å². The highest BCUT2D eigenvalue weighted by Crippen LogP contribution is 2.36. The molecule has 2 fully saturated rings. The smallest absolute Gasteiger partial charge is 0.223 e. The SMILES string of the molecule is Fc1ccc(CN2CCC[C@@]3(C[C@H](Nc4ncc(F)cn4)CO3)C2)cc1. The maximum Gasteiger partial charge on any atom is 0.223 e. The summed E-state index contributed by atoms with van der Waals surface area (Å²) in [4.78, 5) is 10.3. The molecule has 26 heavy (non-hydrogen) atoms. The molecule has 1 N–H and O–H groups in total. The number of aromatic nitrogens is 2. The third kappa shape index (κ3) is 3.99. The third-order valence-corrected chi connectivity index (χ3v) is 5.10. The Morgan fingerprint density at radius 3 is 2.69 bits per heavy atom. The van der Waals surface area contributed by atoms with Crippen LogP contribution in [0.3, 0.4) is 0 Å². The fraction of sp³-hybridized carbons (Fsp3) is 0.474. The summed E-state index contributed by atoms with van der Waals surface area (Å²) in [7, 11) is 0. The van der Waals surface area contributed by atoms with E-state index in [0.717, 1.165) is 56.9 Å². The first kappa shape index (κ1) is 17.3. The van der Waals surface area contributed by atoms with E-state index in [-0.39, 0.29) is 17.5 Å². The number of rotatable bonds is 4. The normalized spacial score (nSPS) is 26.3. The summed E-state index contributed by atoms with van der Waals surface area (Å²) in [5, 5.41) is 3.24. The summed E-state index contributed by atoms with van der Waals surface area (Å²) in [6, 6.07) is 6.80. The minimum atomic E-state index is -0.446. The zero-order chi connectivity index (χ0) is 18.0. The number of piperidine rings is 1. The molecule has 0 unspecified atom stereocenters. The quantitative estimate of drug-likeness (QED) is 0.908. The van der Waals surface area contributed by atoms with Gasteiger partial charge in [0, 0.05) is 19.5 Å². The van der Waals surface area contributed by atoms with Gasteiger partial charge >= 0.3 is 0 Å². The fourth-order valence-corrected chi connectivity index (χ4v) is 3.96. The van der Waals surface area contributed by atoms with E-state index in [0.29, 0.717) is 12.6 Å². The lowest BCUT2D eigenvalue weighted by Gasteiger charge is -2.39. The van der Waals surface area contributed by atoms with Crippen molar-refractivity contribution in [3.8, 4) is 0 Å². The van der Waals surface area contributed by atoms with E-state index in [1.54, 1.807) is 0 Å². The van der Waals surface area contributed by atoms with Crippen LogP contribution in [-0.4, -0.2) is 46.2 Å². The molecule has 2 aromatic rings. The molecule has 0 radical (unpaired) electrons. The topological polar surface area (TPSA) is 50.3 Å². The van der Waals surface area contributed by atoms with Crippen molar-refractivity contribution >= 4 is 5.95 Å². The zero-order valence-electron chi connectivity index (χ0n) is 14.5. The summed E-state index contributed by atoms with van der Waals surface area (Å²) in [6.07, 6.45) is 5.28. The number of nitrogens with zero attached hydrogens (tertiary/aromatic N) is 3. The molecule has 2 aliphatic rings. The van der Waals surface area contributed by atoms with Crippen molar-refractivity contribution in [2.24, 2.45) is 0 Å². The van der Waals surface area contributed by atoms with Crippen molar-refractivity contribution in [3.05, 3.63) is 53.9 Å². The molecule has 1 aromatic heterocycles. The Bertz CT molecular complexity index is 740. The van der Waals surface area contributed by atoms with E-state index in [1.807, 2.05) is 12.1 Å². The van der Waals surface area contributed by atoms with Gasteiger partial charge in [-0.2, -0.15) is 0 Å². The van der Waals surface area contributed by atoms with Crippen LogP contribution >= 0.6 is 0 Å². The fourth-order valence-electron chi connectivity index (χ4n) is 3.96. The second kappa shape index (κ2) is 7.25. The summed E-state index contributed by atoms with van der Waals surface area (Å²) >= 11 is 0. The van der Waals surface area contributed by atoms with Crippen LogP contribution in [0.25, 0.3) is 0 Å². The number of halogens is 2. The van der Waals surface area contributed by atoms with Gasteiger partial charge < -0.3 is 10.1 Å². The molecule has 0 amide bonds. The lowest BCUT2D eigenvalue weighted by atomic mass is 9.88. The summed E-state index contributed by atoms with van der Waals surface area (Å²) in [5.74, 6) is -0.227. The number of anilines is 1. The average molecular weight is 360 g/mol. The Labute approximate surface area is 151 Å². The average Bonchev–Trinajstić information content (AvgIpc) is 3.01. The predicted octanol–water partition coefficient (Wildman–Crippen LogP) is 2.99. The van der Waals surface area contributed by atoms with Crippen molar-refractivity contribution in [3.63, 3.8) is 0 Å². The van der Waals surface area contributed by atoms with Crippen LogP contribution in [-0.2, 0) is 11.3 Å². The lowest BCUT2D eigenvalue weighted by molar-refractivity contribution is -0.0533. The monoisotopic (exact) mass is 360 g/mol. The van der Waals surface area contributed by atoms with Gasteiger partial charge in [0.1, 0.15) is 5.82 Å². The minimum absolute atomic E-state index is 0.117. The lowest BCUT2D eigenvalue weighted by Crippen LogP contribution is -2.47. The van der Waals surface area contributed by atoms with Gasteiger partial charge in [-0.25, -0.2) is 18.7 Å². The molecular formula is C19H22F2N4O. The molecule has 7 heteroatoms. The molecule has 0 aliphatic carbocycles. The standard InChI is InChI=1S/C19H22F2N4O/c20-15-4-2-14(3-5-15)11-25-7-1-6-19(13-25)8-17(12-26-19)24-18-22-9-16(21)10-23-18/h2-5,9-10,17H,1,6-8,11-13H2,(H,22,23,24)/t17-,19+/m0/s1. The Morgan fingerprint density at radius 1 is 1.15 bits per heavy atom. The third-order valence-electron chi connectivity index (χ3n) is 5.10. The molecule has 1 spiro atoms. The van der Waals surface area contributed by atoms with Gasteiger partial charge in [-0.15, -0.1) is 0 Å². The van der Waals surface area contributed by atoms with Crippen molar-refractivity contribution < 1.29 is 13.5 Å². The Morgan fingerprint density at radius 2 is 1.92 bits per heavy atom. The minimum Gasteiger partial charge on any atom is -0.371 e. The van der Waals surface area contributed by atoms with E-state index in [1.165, 1.54) is 12.1 Å². The maximum atomic E-state index is 13.1. The first-order valence-electron chi connectivity index (χ1n) is 8.95. The molecule has 4 rings (SSSR count). The van der Waals surface area contributed by atoms with E-state index < -0.39 is 5.82 Å². The molecule has 2 saturated heterocycles. The van der Waals surface area contributed by atoms with Crippen LogP contribution in [0, 0.1) is 11.6 Å². The first-order chi connectivity index (χ1) is 12.6. The molecule has 3 heterocycles. The molecular weight excluding hydrogens is 338 g/mol. The molecule has 0 bridgehead atoms. The van der Waals surface area contributed by atoms with Crippen LogP contribution < -0.4 is 5.32 Å². The number of ether oxygens (including phenoxy) is 1. The largest absolute Gasteiger partial charge is 0.371 e. The Balaban J connectivity index is 1.36. The summed E-state index contributed by atoms with van der Waals surface area (Å²) < 4.78 is 32.2. The molecule has 138 valence electrons. The molecule has 2 atom stereocenters. The second-order valence-corrected chi connectivity index (χ2v) is 7.20. The van der Waals surface area contributed by atoms with Crippen LogP contribution in [0.4, 0.5) is 14.7 Å². The summed E-state index contributed by atoms with van der Waals surface area (Å²) in [6.45, 7) is 3.25. The highest BCUT2D eigenvalue weighted by Gasteiger charge is 2.43. The highest BCUT2D eigenvalue weighted by atomic mass is 19.1. The van der Waals surface area contributed by atoms with Crippen LogP contribution in [0.15, 0.2) is 36.7 Å². The van der Waals surface area contributed by atoms with Crippen LogP contribution in [0.5, 0.6) is 0 Å².